The van der Waals surface area contributed by atoms with Crippen LogP contribution in [0.3, 0.4) is 0 Å². The smallest absolute Gasteiger partial charge is 0.413 e. The highest BCUT2D eigenvalue weighted by molar-refractivity contribution is 5.70. The van der Waals surface area contributed by atoms with E-state index in [1.54, 1.807) is 0 Å². The van der Waals surface area contributed by atoms with Gasteiger partial charge in [-0.05, 0) is 41.5 Å². The van der Waals surface area contributed by atoms with Crippen LogP contribution in [-0.4, -0.2) is 34.5 Å². The van der Waals surface area contributed by atoms with Crippen molar-refractivity contribution in [3.05, 3.63) is 0 Å². The summed E-state index contributed by atoms with van der Waals surface area (Å²) < 4.78 is 11.0. The average Bonchev–Trinajstić information content (AvgIpc) is 2.31. The second-order valence-corrected chi connectivity index (χ2v) is 5.73. The molecule has 17 heavy (non-hydrogen) atoms. The molecule has 4 heteroatoms. The van der Waals surface area contributed by atoms with Gasteiger partial charge in [0, 0.05) is 0 Å². The lowest BCUT2D eigenvalue weighted by Gasteiger charge is -2.33. The molecule has 0 spiro atoms. The van der Waals surface area contributed by atoms with E-state index in [-0.39, 0.29) is 12.1 Å². The third-order valence-electron chi connectivity index (χ3n) is 2.54. The van der Waals surface area contributed by atoms with Gasteiger partial charge >= 0.3 is 6.09 Å². The van der Waals surface area contributed by atoms with Crippen molar-refractivity contribution in [3.63, 3.8) is 0 Å². The SMILES string of the molecule is C#C[C@H]1[C@H](C)OC(C)(C)N1C(=O)OC(C)(C)C. The number of hydrogen-bond donors (Lipinski definition) is 0. The largest absolute Gasteiger partial charge is 0.444 e. The molecule has 4 nitrogen and oxygen atoms in total. The van der Waals surface area contributed by atoms with Crippen LogP contribution < -0.4 is 0 Å². The Bertz CT molecular complexity index is 349. The molecule has 0 N–H and O–H groups in total. The van der Waals surface area contributed by atoms with Crippen molar-refractivity contribution in [1.82, 2.24) is 4.90 Å². The van der Waals surface area contributed by atoms with Crippen molar-refractivity contribution in [2.45, 2.75) is 65.0 Å². The second kappa shape index (κ2) is 4.23. The summed E-state index contributed by atoms with van der Waals surface area (Å²) >= 11 is 0. The summed E-state index contributed by atoms with van der Waals surface area (Å²) in [5, 5.41) is 0. The van der Waals surface area contributed by atoms with Gasteiger partial charge in [-0.1, -0.05) is 5.92 Å². The summed E-state index contributed by atoms with van der Waals surface area (Å²) in [4.78, 5) is 13.6. The summed E-state index contributed by atoms with van der Waals surface area (Å²) in [5.74, 6) is 2.59. The number of amides is 1. The van der Waals surface area contributed by atoms with Crippen molar-refractivity contribution in [2.24, 2.45) is 0 Å². The summed E-state index contributed by atoms with van der Waals surface area (Å²) in [6, 6.07) is -0.389. The van der Waals surface area contributed by atoms with E-state index in [2.05, 4.69) is 5.92 Å². The Kier molecular flexibility index (Phi) is 3.45. The molecule has 0 unspecified atom stereocenters. The Morgan fingerprint density at radius 1 is 1.47 bits per heavy atom. The number of rotatable bonds is 0. The molecule has 96 valence electrons. The van der Waals surface area contributed by atoms with E-state index >= 15 is 0 Å². The number of hydrogen-bond acceptors (Lipinski definition) is 3. The second-order valence-electron chi connectivity index (χ2n) is 5.73. The highest BCUT2D eigenvalue weighted by atomic mass is 16.6. The first-order valence-corrected chi connectivity index (χ1v) is 5.75. The van der Waals surface area contributed by atoms with Gasteiger partial charge < -0.3 is 9.47 Å². The van der Waals surface area contributed by atoms with E-state index in [1.165, 1.54) is 4.90 Å². The molecule has 1 rings (SSSR count). The minimum atomic E-state index is -0.737. The third kappa shape index (κ3) is 2.92. The van der Waals surface area contributed by atoms with Crippen LogP contribution in [0.5, 0.6) is 0 Å². The Morgan fingerprint density at radius 2 is 2.00 bits per heavy atom. The highest BCUT2D eigenvalue weighted by Gasteiger charge is 2.48. The van der Waals surface area contributed by atoms with Gasteiger partial charge in [-0.25, -0.2) is 4.79 Å². The molecule has 0 aromatic rings. The lowest BCUT2D eigenvalue weighted by Crippen LogP contribution is -2.49. The summed E-state index contributed by atoms with van der Waals surface area (Å²) in [6.07, 6.45) is 4.83. The standard InChI is InChI=1S/C13H21NO3/c1-8-10-9(2)16-13(6,7)14(10)11(15)17-12(3,4)5/h1,9-10H,2-7H3/t9-,10-/m0/s1. The molecule has 0 saturated carbocycles. The Hall–Kier alpha value is -1.21. The lowest BCUT2D eigenvalue weighted by molar-refractivity contribution is -0.0751. The third-order valence-corrected chi connectivity index (χ3v) is 2.54. The molecule has 2 atom stereocenters. The molecule has 1 amide bonds. The molecule has 1 saturated heterocycles. The van der Waals surface area contributed by atoms with Crippen molar-refractivity contribution in [3.8, 4) is 12.3 Å². The first-order chi connectivity index (χ1) is 7.58. The molecule has 0 aliphatic carbocycles. The Morgan fingerprint density at radius 3 is 2.41 bits per heavy atom. The monoisotopic (exact) mass is 239 g/mol. The lowest BCUT2D eigenvalue weighted by atomic mass is 10.1. The van der Waals surface area contributed by atoms with Crippen LogP contribution in [0.4, 0.5) is 4.79 Å². The molecule has 1 aliphatic rings. The van der Waals surface area contributed by atoms with Gasteiger partial charge in [0.15, 0.2) is 0 Å². The van der Waals surface area contributed by atoms with E-state index in [9.17, 15) is 4.79 Å². The highest BCUT2D eigenvalue weighted by Crippen LogP contribution is 2.33. The maximum Gasteiger partial charge on any atom is 0.413 e. The predicted octanol–water partition coefficient (Wildman–Crippen LogP) is 2.38. The average molecular weight is 239 g/mol. The molecular formula is C13H21NO3. The van der Waals surface area contributed by atoms with Crippen LogP contribution in [0.15, 0.2) is 0 Å². The molecule has 0 radical (unpaired) electrons. The maximum absolute atomic E-state index is 12.1. The van der Waals surface area contributed by atoms with Crippen LogP contribution >= 0.6 is 0 Å². The summed E-state index contributed by atoms with van der Waals surface area (Å²) in [6.45, 7) is 10.9. The number of carbonyl (C=O) groups is 1. The van der Waals surface area contributed by atoms with Gasteiger partial charge in [-0.3, -0.25) is 4.90 Å². The summed E-state index contributed by atoms with van der Waals surface area (Å²) in [5.41, 5.74) is -1.28. The van der Waals surface area contributed by atoms with E-state index in [1.807, 2.05) is 41.5 Å². The molecular weight excluding hydrogens is 218 g/mol. The zero-order valence-corrected chi connectivity index (χ0v) is 11.4. The fourth-order valence-electron chi connectivity index (χ4n) is 1.98. The fourth-order valence-corrected chi connectivity index (χ4v) is 1.98. The molecule has 0 aromatic carbocycles. The van der Waals surface area contributed by atoms with Gasteiger partial charge in [-0.15, -0.1) is 6.42 Å². The zero-order valence-electron chi connectivity index (χ0n) is 11.4. The van der Waals surface area contributed by atoms with Gasteiger partial charge in [-0.2, -0.15) is 0 Å². The van der Waals surface area contributed by atoms with Crippen LogP contribution in [0.25, 0.3) is 0 Å². The number of ether oxygens (including phenoxy) is 2. The molecule has 1 heterocycles. The van der Waals surface area contributed by atoms with Gasteiger partial charge in [0.1, 0.15) is 17.4 Å². The molecule has 1 fully saturated rings. The van der Waals surface area contributed by atoms with Crippen molar-refractivity contribution in [1.29, 1.82) is 0 Å². The van der Waals surface area contributed by atoms with Crippen LogP contribution in [0.2, 0.25) is 0 Å². The first-order valence-electron chi connectivity index (χ1n) is 5.75. The van der Waals surface area contributed by atoms with E-state index in [0.717, 1.165) is 0 Å². The quantitative estimate of drug-likeness (QED) is 0.609. The van der Waals surface area contributed by atoms with Gasteiger partial charge in [0.05, 0.1) is 6.10 Å². The topological polar surface area (TPSA) is 38.8 Å². The van der Waals surface area contributed by atoms with Crippen LogP contribution in [0, 0.1) is 12.3 Å². The van der Waals surface area contributed by atoms with Crippen LogP contribution in [-0.2, 0) is 9.47 Å². The Labute approximate surface area is 103 Å². The zero-order chi connectivity index (χ0) is 13.4. The minimum Gasteiger partial charge on any atom is -0.444 e. The van der Waals surface area contributed by atoms with E-state index < -0.39 is 17.4 Å². The summed E-state index contributed by atoms with van der Waals surface area (Å²) in [7, 11) is 0. The van der Waals surface area contributed by atoms with Gasteiger partial charge in [0.2, 0.25) is 0 Å². The predicted molar refractivity (Wildman–Crippen MR) is 65.3 cm³/mol. The van der Waals surface area contributed by atoms with Crippen molar-refractivity contribution < 1.29 is 14.3 Å². The van der Waals surface area contributed by atoms with Crippen LogP contribution in [0.1, 0.15) is 41.5 Å². The molecule has 1 aliphatic heterocycles. The first kappa shape index (κ1) is 13.9. The fraction of sp³-hybridized carbons (Fsp3) is 0.769. The van der Waals surface area contributed by atoms with E-state index in [4.69, 9.17) is 15.9 Å². The van der Waals surface area contributed by atoms with Crippen molar-refractivity contribution >= 4 is 6.09 Å². The normalized spacial score (nSPS) is 27.7. The van der Waals surface area contributed by atoms with Crippen molar-refractivity contribution in [2.75, 3.05) is 0 Å². The maximum atomic E-state index is 12.1. The molecule has 0 bridgehead atoms. The number of terminal acetylenes is 1. The number of nitrogens with zero attached hydrogens (tertiary/aromatic N) is 1. The van der Waals surface area contributed by atoms with E-state index in [0.29, 0.717) is 0 Å². The molecule has 0 aromatic heterocycles. The number of carbonyl (C=O) groups excluding carboxylic acids is 1. The van der Waals surface area contributed by atoms with Gasteiger partial charge in [0.25, 0.3) is 0 Å². The Balaban J connectivity index is 2.94. The minimum absolute atomic E-state index is 0.192.